The Balaban J connectivity index is 2.43. The molecule has 0 aliphatic carbocycles. The number of nitrogens with zero attached hydrogens (tertiary/aromatic N) is 2. The predicted molar refractivity (Wildman–Crippen MR) is 74.7 cm³/mol. The van der Waals surface area contributed by atoms with Gasteiger partial charge in [-0.15, -0.1) is 0 Å². The van der Waals surface area contributed by atoms with Crippen LogP contribution in [0.3, 0.4) is 0 Å². The van der Waals surface area contributed by atoms with Gasteiger partial charge in [0.05, 0.1) is 7.11 Å². The largest absolute Gasteiger partial charge is 0.504 e. The highest BCUT2D eigenvalue weighted by molar-refractivity contribution is 6.29. The molecule has 0 aliphatic rings. The number of aromatic nitrogens is 2. The molecule has 0 atom stereocenters. The molecule has 0 fully saturated rings. The Morgan fingerprint density at radius 3 is 2.68 bits per heavy atom. The van der Waals surface area contributed by atoms with Gasteiger partial charge in [-0.25, -0.2) is 9.97 Å². The molecule has 2 rings (SSSR count). The molecule has 100 valence electrons. The maximum atomic E-state index is 9.78. The summed E-state index contributed by atoms with van der Waals surface area (Å²) in [4.78, 5) is 8.63. The van der Waals surface area contributed by atoms with Crippen molar-refractivity contribution in [1.29, 1.82) is 0 Å². The number of phenols is 1. The van der Waals surface area contributed by atoms with E-state index in [-0.39, 0.29) is 5.75 Å². The molecular weight excluding hydrogens is 264 g/mol. The number of hydrogen-bond acceptors (Lipinski definition) is 4. The molecule has 1 N–H and O–H groups in total. The number of ether oxygens (including phenoxy) is 1. The molecule has 0 bridgehead atoms. The van der Waals surface area contributed by atoms with E-state index in [0.29, 0.717) is 22.3 Å². The second kappa shape index (κ2) is 5.89. The van der Waals surface area contributed by atoms with Crippen LogP contribution in [0, 0.1) is 0 Å². The first kappa shape index (κ1) is 13.6. The molecule has 19 heavy (non-hydrogen) atoms. The summed E-state index contributed by atoms with van der Waals surface area (Å²) in [6.07, 6.45) is 1.83. The van der Waals surface area contributed by atoms with Gasteiger partial charge in [-0.3, -0.25) is 0 Å². The molecular formula is C14H15ClN2O2. The van der Waals surface area contributed by atoms with Crippen LogP contribution in [-0.2, 0) is 6.42 Å². The van der Waals surface area contributed by atoms with E-state index in [2.05, 4.69) is 16.9 Å². The Morgan fingerprint density at radius 2 is 2.05 bits per heavy atom. The van der Waals surface area contributed by atoms with Crippen molar-refractivity contribution in [2.45, 2.75) is 19.8 Å². The zero-order valence-electron chi connectivity index (χ0n) is 10.9. The van der Waals surface area contributed by atoms with E-state index in [1.807, 2.05) is 0 Å². The molecule has 0 saturated heterocycles. The molecule has 0 unspecified atom stereocenters. The van der Waals surface area contributed by atoms with E-state index < -0.39 is 0 Å². The van der Waals surface area contributed by atoms with Crippen LogP contribution < -0.4 is 4.74 Å². The number of phenolic OH excluding ortho intramolecular Hbond substituents is 1. The Bertz CT molecular complexity index is 588. The van der Waals surface area contributed by atoms with Crippen LogP contribution in [0.15, 0.2) is 24.3 Å². The van der Waals surface area contributed by atoms with Crippen LogP contribution >= 0.6 is 11.6 Å². The second-order valence-corrected chi connectivity index (χ2v) is 4.53. The van der Waals surface area contributed by atoms with Crippen molar-refractivity contribution >= 4 is 11.6 Å². The number of aromatic hydroxyl groups is 1. The quantitative estimate of drug-likeness (QED) is 0.870. The third-order valence-corrected chi connectivity index (χ3v) is 2.88. The number of aryl methyl sites for hydroxylation is 1. The second-order valence-electron chi connectivity index (χ2n) is 4.14. The molecule has 5 heteroatoms. The van der Waals surface area contributed by atoms with Gasteiger partial charge in [-0.2, -0.15) is 0 Å². The highest BCUT2D eigenvalue weighted by Crippen LogP contribution is 2.30. The van der Waals surface area contributed by atoms with Gasteiger partial charge < -0.3 is 9.84 Å². The summed E-state index contributed by atoms with van der Waals surface area (Å²) in [6.45, 7) is 2.08. The summed E-state index contributed by atoms with van der Waals surface area (Å²) >= 11 is 6.00. The molecule has 0 radical (unpaired) electrons. The van der Waals surface area contributed by atoms with Gasteiger partial charge in [0, 0.05) is 11.3 Å². The normalized spacial score (nSPS) is 10.5. The zero-order chi connectivity index (χ0) is 13.8. The summed E-state index contributed by atoms with van der Waals surface area (Å²) < 4.78 is 5.00. The predicted octanol–water partition coefficient (Wildman–Crippen LogP) is 3.46. The van der Waals surface area contributed by atoms with Crippen LogP contribution in [-0.4, -0.2) is 22.2 Å². The highest BCUT2D eigenvalue weighted by atomic mass is 35.5. The minimum atomic E-state index is 0.0561. The summed E-state index contributed by atoms with van der Waals surface area (Å²) in [5.74, 6) is 0.981. The lowest BCUT2D eigenvalue weighted by Crippen LogP contribution is -1.96. The van der Waals surface area contributed by atoms with Crippen LogP contribution in [0.2, 0.25) is 5.15 Å². The van der Waals surface area contributed by atoms with Gasteiger partial charge >= 0.3 is 0 Å². The lowest BCUT2D eigenvalue weighted by atomic mass is 10.1. The number of rotatable bonds is 4. The average molecular weight is 279 g/mol. The highest BCUT2D eigenvalue weighted by Gasteiger charge is 2.09. The maximum Gasteiger partial charge on any atom is 0.161 e. The van der Waals surface area contributed by atoms with Crippen molar-refractivity contribution in [3.05, 3.63) is 35.1 Å². The van der Waals surface area contributed by atoms with Gasteiger partial charge in [0.25, 0.3) is 0 Å². The van der Waals surface area contributed by atoms with E-state index in [1.165, 1.54) is 7.11 Å². The topological polar surface area (TPSA) is 55.2 Å². The summed E-state index contributed by atoms with van der Waals surface area (Å²) in [6, 6.07) is 6.80. The Morgan fingerprint density at radius 1 is 1.26 bits per heavy atom. The molecule has 0 amide bonds. The van der Waals surface area contributed by atoms with Crippen LogP contribution in [0.25, 0.3) is 11.4 Å². The van der Waals surface area contributed by atoms with E-state index in [4.69, 9.17) is 16.3 Å². The Labute approximate surface area is 117 Å². The minimum Gasteiger partial charge on any atom is -0.504 e. The van der Waals surface area contributed by atoms with Crippen LogP contribution in [0.4, 0.5) is 0 Å². The fourth-order valence-corrected chi connectivity index (χ4v) is 2.01. The van der Waals surface area contributed by atoms with Crippen molar-refractivity contribution in [2.75, 3.05) is 7.11 Å². The SMILES string of the molecule is CCCc1cc(Cl)nc(-c2ccc(OC)c(O)c2)n1. The van der Waals surface area contributed by atoms with Crippen molar-refractivity contribution < 1.29 is 9.84 Å². The van der Waals surface area contributed by atoms with Crippen molar-refractivity contribution in [2.24, 2.45) is 0 Å². The molecule has 0 aliphatic heterocycles. The van der Waals surface area contributed by atoms with Crippen molar-refractivity contribution in [3.8, 4) is 22.9 Å². The van der Waals surface area contributed by atoms with Gasteiger partial charge in [-0.05, 0) is 30.7 Å². The van der Waals surface area contributed by atoms with E-state index in [1.54, 1.807) is 24.3 Å². The van der Waals surface area contributed by atoms with E-state index in [0.717, 1.165) is 18.5 Å². The van der Waals surface area contributed by atoms with Crippen LogP contribution in [0.5, 0.6) is 11.5 Å². The fourth-order valence-electron chi connectivity index (χ4n) is 1.81. The fraction of sp³-hybridized carbons (Fsp3) is 0.286. The molecule has 0 spiro atoms. The van der Waals surface area contributed by atoms with Gasteiger partial charge in [-0.1, -0.05) is 24.9 Å². The molecule has 2 aromatic rings. The standard InChI is InChI=1S/C14H15ClN2O2/c1-3-4-10-8-13(15)17-14(16-10)9-5-6-12(19-2)11(18)7-9/h5-8,18H,3-4H2,1-2H3. The molecule has 1 aromatic carbocycles. The van der Waals surface area contributed by atoms with E-state index in [9.17, 15) is 5.11 Å². The van der Waals surface area contributed by atoms with Gasteiger partial charge in [0.15, 0.2) is 17.3 Å². The number of methoxy groups -OCH3 is 1. The van der Waals surface area contributed by atoms with Crippen molar-refractivity contribution in [3.63, 3.8) is 0 Å². The third kappa shape index (κ3) is 3.15. The first-order valence-corrected chi connectivity index (χ1v) is 6.42. The average Bonchev–Trinajstić information content (AvgIpc) is 2.38. The minimum absolute atomic E-state index is 0.0561. The lowest BCUT2D eigenvalue weighted by Gasteiger charge is -2.07. The number of benzene rings is 1. The molecule has 1 aromatic heterocycles. The van der Waals surface area contributed by atoms with Gasteiger partial charge in [0.1, 0.15) is 5.15 Å². The molecule has 1 heterocycles. The van der Waals surface area contributed by atoms with E-state index >= 15 is 0 Å². The zero-order valence-corrected chi connectivity index (χ0v) is 11.6. The van der Waals surface area contributed by atoms with Gasteiger partial charge in [0.2, 0.25) is 0 Å². The van der Waals surface area contributed by atoms with Crippen LogP contribution in [0.1, 0.15) is 19.0 Å². The first-order valence-electron chi connectivity index (χ1n) is 6.05. The van der Waals surface area contributed by atoms with Crippen molar-refractivity contribution in [1.82, 2.24) is 9.97 Å². The number of halogens is 1. The lowest BCUT2D eigenvalue weighted by molar-refractivity contribution is 0.373. The summed E-state index contributed by atoms with van der Waals surface area (Å²) in [5.41, 5.74) is 1.60. The first-order chi connectivity index (χ1) is 9.13. The summed E-state index contributed by atoms with van der Waals surface area (Å²) in [7, 11) is 1.50. The monoisotopic (exact) mass is 278 g/mol. The number of hydrogen-bond donors (Lipinski definition) is 1. The Kier molecular flexibility index (Phi) is 4.22. The molecule has 0 saturated carbocycles. The smallest absolute Gasteiger partial charge is 0.161 e. The third-order valence-electron chi connectivity index (χ3n) is 2.69. The summed E-state index contributed by atoms with van der Waals surface area (Å²) in [5, 5.41) is 10.2. The Hall–Kier alpha value is -1.81. The maximum absolute atomic E-state index is 9.78. The molecule has 4 nitrogen and oxygen atoms in total.